The first-order valence-corrected chi connectivity index (χ1v) is 13.7. The number of alkyl halides is 3. The van der Waals surface area contributed by atoms with E-state index in [1.807, 2.05) is 37.3 Å². The van der Waals surface area contributed by atoms with Gasteiger partial charge in [0.1, 0.15) is 12.4 Å². The lowest BCUT2D eigenvalue weighted by Crippen LogP contribution is -2.58. The second-order valence-electron chi connectivity index (χ2n) is 9.67. The van der Waals surface area contributed by atoms with Crippen LogP contribution in [0.2, 0.25) is 0 Å². The number of anilines is 1. The molecule has 4 N–H and O–H groups in total. The molecule has 13 heteroatoms. The Hall–Kier alpha value is -3.39. The van der Waals surface area contributed by atoms with Gasteiger partial charge < -0.3 is 4.74 Å². The number of carbonyl (C=O) groups is 2. The average Bonchev–Trinajstić information content (AvgIpc) is 3.10. The van der Waals surface area contributed by atoms with Crippen LogP contribution in [0.3, 0.4) is 0 Å². The van der Waals surface area contributed by atoms with Crippen LogP contribution in [0, 0.1) is 6.92 Å². The van der Waals surface area contributed by atoms with Crippen LogP contribution in [0.1, 0.15) is 31.0 Å². The predicted molar refractivity (Wildman–Crippen MR) is 140 cm³/mol. The molecule has 39 heavy (non-hydrogen) atoms. The molecule has 2 unspecified atom stereocenters. The smallest absolute Gasteiger partial charge is 0.471 e. The zero-order valence-corrected chi connectivity index (χ0v) is 21.9. The third kappa shape index (κ3) is 5.96. The normalized spacial score (nSPS) is 21.4. The molecule has 1 fully saturated rings. The van der Waals surface area contributed by atoms with Crippen LogP contribution in [0.25, 0.3) is 10.9 Å². The standard InChI is InChI=1S/C26H28F3N3O6S/c1-16-11-18(21-5-3-4-6-22(21)30-16)14-38-20-9-7-19(8-10-20)32(24(34)26(27,28)29)25(13-23(33)31-35)12-17(2)39(36,37)15-25/h3-11,17,35-37H,12-15H2,1-2H3,(H,31,33). The monoisotopic (exact) mass is 567 g/mol. The number of aryl methyl sites for hydroxylation is 1. The van der Waals surface area contributed by atoms with Crippen molar-refractivity contribution in [2.75, 3.05) is 10.7 Å². The van der Waals surface area contributed by atoms with Gasteiger partial charge in [0.15, 0.2) is 0 Å². The Bertz CT molecular complexity index is 1390. The van der Waals surface area contributed by atoms with Crippen LogP contribution in [-0.2, 0) is 16.2 Å². The Kier molecular flexibility index (Phi) is 7.81. The molecule has 9 nitrogen and oxygen atoms in total. The van der Waals surface area contributed by atoms with Crippen LogP contribution in [0.4, 0.5) is 18.9 Å². The highest BCUT2D eigenvalue weighted by Gasteiger charge is 2.57. The molecule has 0 saturated carbocycles. The van der Waals surface area contributed by atoms with Crippen LogP contribution >= 0.6 is 10.6 Å². The molecule has 1 aromatic heterocycles. The first kappa shape index (κ1) is 28.6. The summed E-state index contributed by atoms with van der Waals surface area (Å²) in [6, 6.07) is 14.6. The number of halogens is 3. The van der Waals surface area contributed by atoms with E-state index >= 15 is 0 Å². The number of nitrogens with zero attached hydrogens (tertiary/aromatic N) is 2. The number of ether oxygens (including phenoxy) is 1. The second-order valence-corrected chi connectivity index (χ2v) is 12.2. The molecule has 0 radical (unpaired) electrons. The zero-order valence-electron chi connectivity index (χ0n) is 21.1. The first-order chi connectivity index (χ1) is 18.3. The molecule has 2 aromatic carbocycles. The molecule has 2 heterocycles. The Morgan fingerprint density at radius 3 is 2.44 bits per heavy atom. The second kappa shape index (κ2) is 10.6. The molecule has 3 aromatic rings. The number of carbonyl (C=O) groups excluding carboxylic acids is 2. The number of benzene rings is 2. The molecular weight excluding hydrogens is 539 g/mol. The van der Waals surface area contributed by atoms with E-state index in [0.717, 1.165) is 22.2 Å². The summed E-state index contributed by atoms with van der Waals surface area (Å²) in [7, 11) is -3.44. The topological polar surface area (TPSA) is 132 Å². The highest BCUT2D eigenvalue weighted by molar-refractivity contribution is 8.25. The lowest BCUT2D eigenvalue weighted by molar-refractivity contribution is -0.171. The van der Waals surface area contributed by atoms with Gasteiger partial charge in [-0.05, 0) is 56.7 Å². The predicted octanol–water partition coefficient (Wildman–Crippen LogP) is 5.19. The summed E-state index contributed by atoms with van der Waals surface area (Å²) >= 11 is 0. The molecule has 0 aliphatic carbocycles. The third-order valence-electron chi connectivity index (χ3n) is 6.75. The number of nitrogens with one attached hydrogen (secondary N) is 1. The van der Waals surface area contributed by atoms with Crippen LogP contribution in [0.15, 0.2) is 54.6 Å². The lowest BCUT2D eigenvalue weighted by Gasteiger charge is -2.42. The zero-order chi connectivity index (χ0) is 28.6. The number of hydrogen-bond donors (Lipinski definition) is 4. The van der Waals surface area contributed by atoms with Gasteiger partial charge in [0.2, 0.25) is 5.91 Å². The minimum Gasteiger partial charge on any atom is -0.489 e. The van der Waals surface area contributed by atoms with E-state index in [-0.39, 0.29) is 18.7 Å². The summed E-state index contributed by atoms with van der Waals surface area (Å²) in [4.78, 5) is 29.7. The number of aromatic nitrogens is 1. The van der Waals surface area contributed by atoms with Gasteiger partial charge in [-0.2, -0.15) is 23.8 Å². The molecule has 1 aliphatic heterocycles. The summed E-state index contributed by atoms with van der Waals surface area (Å²) < 4.78 is 68.2. The summed E-state index contributed by atoms with van der Waals surface area (Å²) in [5, 5.41) is 9.06. The fourth-order valence-corrected chi connectivity index (χ4v) is 7.06. The largest absolute Gasteiger partial charge is 0.489 e. The van der Waals surface area contributed by atoms with Crippen molar-refractivity contribution in [2.24, 2.45) is 0 Å². The number of fused-ring (bicyclic) bond motifs is 1. The van der Waals surface area contributed by atoms with Crippen molar-refractivity contribution in [1.29, 1.82) is 0 Å². The van der Waals surface area contributed by atoms with Crippen molar-refractivity contribution in [1.82, 2.24) is 10.5 Å². The highest BCUT2D eigenvalue weighted by Crippen LogP contribution is 2.59. The maximum Gasteiger partial charge on any atom is 0.471 e. The van der Waals surface area contributed by atoms with Crippen molar-refractivity contribution >= 4 is 39.0 Å². The van der Waals surface area contributed by atoms with Gasteiger partial charge >= 0.3 is 12.1 Å². The number of hydroxylamine groups is 1. The first-order valence-electron chi connectivity index (χ1n) is 11.9. The number of para-hydroxylation sites is 1. The Labute approximate surface area is 223 Å². The van der Waals surface area contributed by atoms with E-state index in [0.29, 0.717) is 10.6 Å². The van der Waals surface area contributed by atoms with E-state index in [4.69, 9.17) is 9.94 Å². The minimum atomic E-state index is -5.33. The van der Waals surface area contributed by atoms with Gasteiger partial charge in [-0.3, -0.25) is 33.8 Å². The van der Waals surface area contributed by atoms with Crippen molar-refractivity contribution in [3.05, 3.63) is 65.9 Å². The lowest BCUT2D eigenvalue weighted by atomic mass is 9.88. The SMILES string of the molecule is Cc1cc(COc2ccc(N(C(=O)C(F)(F)F)C3(CC(=O)NO)CC(C)S(O)(O)C3)cc2)c2ccccc2n1. The maximum absolute atomic E-state index is 13.8. The summed E-state index contributed by atoms with van der Waals surface area (Å²) in [6.45, 7) is 3.42. The van der Waals surface area contributed by atoms with E-state index in [9.17, 15) is 31.9 Å². The van der Waals surface area contributed by atoms with Crippen LogP contribution < -0.4 is 15.1 Å². The summed E-state index contributed by atoms with van der Waals surface area (Å²) in [6.07, 6.45) is -6.41. The Balaban J connectivity index is 1.67. The minimum absolute atomic E-state index is 0.146. The molecule has 0 bridgehead atoms. The van der Waals surface area contributed by atoms with Gasteiger partial charge in [0.05, 0.1) is 23.2 Å². The molecule has 2 atom stereocenters. The van der Waals surface area contributed by atoms with Gasteiger partial charge in [-0.25, -0.2) is 5.48 Å². The highest BCUT2D eigenvalue weighted by atomic mass is 32.3. The molecule has 4 rings (SSSR count). The van der Waals surface area contributed by atoms with E-state index in [1.165, 1.54) is 36.7 Å². The summed E-state index contributed by atoms with van der Waals surface area (Å²) in [5.41, 5.74) is 1.64. The molecule has 1 aliphatic rings. The average molecular weight is 568 g/mol. The number of pyridine rings is 1. The van der Waals surface area contributed by atoms with E-state index in [2.05, 4.69) is 4.98 Å². The number of amides is 2. The number of rotatable bonds is 7. The van der Waals surface area contributed by atoms with Gasteiger partial charge in [-0.1, -0.05) is 18.2 Å². The third-order valence-corrected chi connectivity index (χ3v) is 9.16. The Morgan fingerprint density at radius 2 is 1.85 bits per heavy atom. The maximum atomic E-state index is 13.8. The van der Waals surface area contributed by atoms with Crippen molar-refractivity contribution in [2.45, 2.75) is 50.3 Å². The van der Waals surface area contributed by atoms with E-state index in [1.54, 1.807) is 0 Å². The quantitative estimate of drug-likeness (QED) is 0.228. The molecule has 1 saturated heterocycles. The number of hydrogen-bond acceptors (Lipinski definition) is 7. The fraction of sp³-hybridized carbons (Fsp3) is 0.346. The molecule has 2 amide bonds. The van der Waals surface area contributed by atoms with Gasteiger partial charge in [0, 0.05) is 27.6 Å². The van der Waals surface area contributed by atoms with Gasteiger partial charge in [-0.15, -0.1) is 0 Å². The molecule has 0 spiro atoms. The molecule has 210 valence electrons. The van der Waals surface area contributed by atoms with Crippen LogP contribution in [-0.4, -0.2) is 53.8 Å². The molecular formula is C26H28F3N3O6S. The Morgan fingerprint density at radius 1 is 1.18 bits per heavy atom. The van der Waals surface area contributed by atoms with Crippen LogP contribution in [0.5, 0.6) is 5.75 Å². The van der Waals surface area contributed by atoms with Crippen molar-refractivity contribution in [3.63, 3.8) is 0 Å². The summed E-state index contributed by atoms with van der Waals surface area (Å²) in [5.74, 6) is -3.70. The fourth-order valence-electron chi connectivity index (χ4n) is 5.06. The van der Waals surface area contributed by atoms with Crippen molar-refractivity contribution in [3.8, 4) is 5.75 Å². The van der Waals surface area contributed by atoms with Crippen molar-refractivity contribution < 1.29 is 41.8 Å². The van der Waals surface area contributed by atoms with E-state index < -0.39 is 51.5 Å². The van der Waals surface area contributed by atoms with Gasteiger partial charge in [0.25, 0.3) is 0 Å².